The fourth-order valence-corrected chi connectivity index (χ4v) is 10.4. The van der Waals surface area contributed by atoms with Gasteiger partial charge in [0.25, 0.3) is 0 Å². The van der Waals surface area contributed by atoms with Crippen LogP contribution in [0.2, 0.25) is 0 Å². The van der Waals surface area contributed by atoms with Crippen LogP contribution in [0.3, 0.4) is 0 Å². The molecule has 2 saturated heterocycles. The third kappa shape index (κ3) is 9.96. The quantitative estimate of drug-likeness (QED) is 0.165. The van der Waals surface area contributed by atoms with Gasteiger partial charge in [0, 0.05) is 33.1 Å². The molecule has 6 nitrogen and oxygen atoms in total. The highest BCUT2D eigenvalue weighted by molar-refractivity contribution is 7.42. The molecule has 0 amide bonds. The number of benzene rings is 4. The Bertz CT molecular complexity index is 1840. The van der Waals surface area contributed by atoms with Crippen LogP contribution in [0.15, 0.2) is 84.9 Å². The molecular formula is C51H70O6P2. The molecule has 4 aromatic rings. The van der Waals surface area contributed by atoms with Crippen LogP contribution in [0.1, 0.15) is 155 Å². The van der Waals surface area contributed by atoms with Crippen molar-refractivity contribution in [2.75, 3.05) is 26.4 Å². The molecule has 0 bridgehead atoms. The van der Waals surface area contributed by atoms with E-state index in [9.17, 15) is 0 Å². The Kier molecular flexibility index (Phi) is 12.8. The molecule has 2 aliphatic rings. The molecule has 4 aromatic carbocycles. The van der Waals surface area contributed by atoms with Crippen LogP contribution in [-0.2, 0) is 50.6 Å². The van der Waals surface area contributed by atoms with Gasteiger partial charge in [-0.2, -0.15) is 0 Å². The summed E-state index contributed by atoms with van der Waals surface area (Å²) in [5, 5.41) is 0. The first-order valence-corrected chi connectivity index (χ1v) is 23.4. The molecule has 0 radical (unpaired) electrons. The van der Waals surface area contributed by atoms with Crippen molar-refractivity contribution in [1.29, 1.82) is 0 Å². The molecule has 0 atom stereocenters. The second-order valence-corrected chi connectivity index (χ2v) is 24.3. The lowest BCUT2D eigenvalue weighted by atomic mass is 9.72. The maximum atomic E-state index is 6.85. The summed E-state index contributed by atoms with van der Waals surface area (Å²) in [7, 11) is -3.32. The lowest BCUT2D eigenvalue weighted by molar-refractivity contribution is -0.0674. The van der Waals surface area contributed by atoms with E-state index in [2.05, 4.69) is 196 Å². The molecule has 2 aliphatic heterocycles. The highest BCUT2D eigenvalue weighted by Gasteiger charge is 2.46. The molecule has 2 fully saturated rings. The Labute approximate surface area is 359 Å². The van der Waals surface area contributed by atoms with Crippen molar-refractivity contribution in [1.82, 2.24) is 0 Å². The van der Waals surface area contributed by atoms with E-state index in [1.807, 2.05) is 0 Å². The van der Waals surface area contributed by atoms with Gasteiger partial charge in [-0.15, -0.1) is 0 Å². The summed E-state index contributed by atoms with van der Waals surface area (Å²) in [6.07, 6.45) is 0. The van der Waals surface area contributed by atoms with E-state index in [4.69, 9.17) is 27.1 Å². The minimum Gasteiger partial charge on any atom is -0.426 e. The maximum absolute atomic E-state index is 6.85. The van der Waals surface area contributed by atoms with Crippen LogP contribution in [0.25, 0.3) is 0 Å². The van der Waals surface area contributed by atoms with Crippen LogP contribution in [0.4, 0.5) is 0 Å². The molecule has 59 heavy (non-hydrogen) atoms. The van der Waals surface area contributed by atoms with Crippen molar-refractivity contribution in [3.05, 3.63) is 129 Å². The number of hydrogen-bond acceptors (Lipinski definition) is 6. The van der Waals surface area contributed by atoms with Gasteiger partial charge in [-0.05, 0) is 43.9 Å². The molecule has 0 N–H and O–H groups in total. The number of hydrogen-bond donors (Lipinski definition) is 0. The number of rotatable bonds is 8. The highest BCUT2D eigenvalue weighted by atomic mass is 31.2. The summed E-state index contributed by atoms with van der Waals surface area (Å²) in [4.78, 5) is 0. The lowest BCUT2D eigenvalue weighted by Gasteiger charge is -2.42. The van der Waals surface area contributed by atoms with E-state index in [1.165, 1.54) is 22.3 Å². The first-order chi connectivity index (χ1) is 27.2. The normalized spacial score (nSPS) is 21.1. The monoisotopic (exact) mass is 840 g/mol. The molecule has 0 aromatic heterocycles. The van der Waals surface area contributed by atoms with Crippen LogP contribution in [0.5, 0.6) is 11.5 Å². The zero-order valence-corrected chi connectivity index (χ0v) is 40.5. The molecule has 0 unspecified atom stereocenters. The summed E-state index contributed by atoms with van der Waals surface area (Å²) < 4.78 is 39.6. The van der Waals surface area contributed by atoms with Crippen LogP contribution in [0, 0.1) is 5.41 Å². The van der Waals surface area contributed by atoms with Crippen molar-refractivity contribution >= 4 is 17.2 Å². The summed E-state index contributed by atoms with van der Waals surface area (Å²) in [6.45, 7) is 37.8. The lowest BCUT2D eigenvalue weighted by Crippen LogP contribution is -2.45. The molecular weight excluding hydrogens is 771 g/mol. The van der Waals surface area contributed by atoms with E-state index < -0.39 is 22.6 Å². The summed E-state index contributed by atoms with van der Waals surface area (Å²) in [6, 6.07) is 30.8. The maximum Gasteiger partial charge on any atom is 0.397 e. The van der Waals surface area contributed by atoms with Gasteiger partial charge in [0.05, 0.1) is 31.8 Å². The Morgan fingerprint density at radius 2 is 0.644 bits per heavy atom. The van der Waals surface area contributed by atoms with Crippen molar-refractivity contribution in [2.24, 2.45) is 5.41 Å². The molecule has 0 saturated carbocycles. The van der Waals surface area contributed by atoms with Crippen molar-refractivity contribution in [3.63, 3.8) is 0 Å². The summed E-state index contributed by atoms with van der Waals surface area (Å²) in [5.41, 5.74) is 8.02. The van der Waals surface area contributed by atoms with Gasteiger partial charge in [0.1, 0.15) is 11.5 Å². The Morgan fingerprint density at radius 3 is 0.881 bits per heavy atom. The van der Waals surface area contributed by atoms with Crippen molar-refractivity contribution in [2.45, 2.75) is 143 Å². The largest absolute Gasteiger partial charge is 0.426 e. The summed E-state index contributed by atoms with van der Waals surface area (Å²) in [5.74, 6) is 1.71. The SMILES string of the molecule is CC(C)(C)c1cc(C(C)(C)c2ccccc2)cc(C(C)(C)C)c1OP1OCC2(CO1)COP(Oc1c(C(C)(C)C)cc(C(C)(C)c3ccccc3)cc1C(C)(C)C)OC2. The van der Waals surface area contributed by atoms with Crippen LogP contribution in [-0.4, -0.2) is 26.4 Å². The first kappa shape index (κ1) is 45.7. The first-order valence-electron chi connectivity index (χ1n) is 21.2. The minimum atomic E-state index is -1.66. The van der Waals surface area contributed by atoms with Crippen molar-refractivity contribution < 1.29 is 27.1 Å². The van der Waals surface area contributed by atoms with Gasteiger partial charge in [0.15, 0.2) is 0 Å². The van der Waals surface area contributed by atoms with E-state index in [-0.39, 0.29) is 32.5 Å². The minimum absolute atomic E-state index is 0.190. The van der Waals surface area contributed by atoms with Crippen LogP contribution < -0.4 is 9.05 Å². The smallest absolute Gasteiger partial charge is 0.397 e. The molecule has 0 aliphatic carbocycles. The Morgan fingerprint density at radius 1 is 0.390 bits per heavy atom. The van der Waals surface area contributed by atoms with Gasteiger partial charge in [0.2, 0.25) is 0 Å². The van der Waals surface area contributed by atoms with Gasteiger partial charge in [-0.1, -0.05) is 196 Å². The summed E-state index contributed by atoms with van der Waals surface area (Å²) >= 11 is 0. The second-order valence-electron chi connectivity index (χ2n) is 22.0. The fraction of sp³-hybridized carbons (Fsp3) is 0.529. The standard InChI is InChI=1S/C51H70O6P2/c1-45(2,3)39-27-37(49(13,14)35-23-19-17-20-24-35)28-40(46(4,5)6)43(39)56-58-52-31-51(32-53-58)33-54-59(55-34-51)57-44-41(47(7,8)9)29-38(30-42(44)48(10,11)12)50(15,16)36-25-21-18-22-26-36/h17-30H,31-34H2,1-16H3. The molecule has 320 valence electrons. The third-order valence-electron chi connectivity index (χ3n) is 12.1. The van der Waals surface area contributed by atoms with Gasteiger partial charge >= 0.3 is 17.2 Å². The Hall–Kier alpha value is -2.82. The zero-order valence-electron chi connectivity index (χ0n) is 38.8. The van der Waals surface area contributed by atoms with E-state index in [0.717, 1.165) is 33.8 Å². The second kappa shape index (κ2) is 16.5. The zero-order chi connectivity index (χ0) is 43.4. The third-order valence-corrected chi connectivity index (χ3v) is 14.1. The fourth-order valence-electron chi connectivity index (χ4n) is 7.79. The molecule has 6 rings (SSSR count). The van der Waals surface area contributed by atoms with Gasteiger partial charge < -0.3 is 27.1 Å². The topological polar surface area (TPSA) is 55.4 Å². The molecule has 1 spiro atoms. The van der Waals surface area contributed by atoms with E-state index >= 15 is 0 Å². The van der Waals surface area contributed by atoms with E-state index in [1.54, 1.807) is 0 Å². The molecule has 2 heterocycles. The average molecular weight is 841 g/mol. The molecule has 8 heteroatoms. The van der Waals surface area contributed by atoms with Gasteiger partial charge in [-0.25, -0.2) is 0 Å². The van der Waals surface area contributed by atoms with Gasteiger partial charge in [-0.3, -0.25) is 0 Å². The Balaban J connectivity index is 1.20. The predicted molar refractivity (Wildman–Crippen MR) is 246 cm³/mol. The van der Waals surface area contributed by atoms with Crippen LogP contribution >= 0.6 is 17.2 Å². The predicted octanol–water partition coefficient (Wildman–Crippen LogP) is 14.5. The average Bonchev–Trinajstić information content (AvgIpc) is 3.15. The van der Waals surface area contributed by atoms with Crippen molar-refractivity contribution in [3.8, 4) is 11.5 Å². The van der Waals surface area contributed by atoms with E-state index in [0.29, 0.717) is 26.4 Å². The highest BCUT2D eigenvalue weighted by Crippen LogP contribution is 2.57.